The number of nitrogen functional groups attached to an aromatic ring is 1. The minimum atomic E-state index is -0.445. The van der Waals surface area contributed by atoms with Crippen molar-refractivity contribution < 1.29 is 13.9 Å². The van der Waals surface area contributed by atoms with Crippen LogP contribution in [0.15, 0.2) is 28.1 Å². The van der Waals surface area contributed by atoms with Crippen molar-refractivity contribution in [2.45, 2.75) is 6.61 Å². The summed E-state index contributed by atoms with van der Waals surface area (Å²) in [6, 6.07) is 4.12. The van der Waals surface area contributed by atoms with Gasteiger partial charge < -0.3 is 4.74 Å². The molecule has 1 amide bonds. The van der Waals surface area contributed by atoms with Crippen LogP contribution in [0.4, 0.5) is 4.39 Å². The molecule has 0 spiro atoms. The minimum Gasteiger partial charge on any atom is -0.486 e. The molecule has 0 aliphatic heterocycles. The molecule has 0 unspecified atom stereocenters. The van der Waals surface area contributed by atoms with Gasteiger partial charge in [-0.05, 0) is 34.1 Å². The molecule has 3 N–H and O–H groups in total. The average Bonchev–Trinajstić information content (AvgIpc) is 2.85. The van der Waals surface area contributed by atoms with Crippen molar-refractivity contribution in [3.8, 4) is 5.75 Å². The first-order valence-electron chi connectivity index (χ1n) is 5.13. The number of hydrogen-bond acceptors (Lipinski definition) is 5. The maximum atomic E-state index is 12.9. The van der Waals surface area contributed by atoms with Crippen LogP contribution in [0.3, 0.4) is 0 Å². The molecule has 0 aliphatic carbocycles. The molecule has 0 bridgehead atoms. The van der Waals surface area contributed by atoms with Gasteiger partial charge in [0.2, 0.25) is 0 Å². The van der Waals surface area contributed by atoms with Crippen molar-refractivity contribution in [3.05, 3.63) is 44.6 Å². The van der Waals surface area contributed by atoms with Crippen LogP contribution >= 0.6 is 27.3 Å². The summed E-state index contributed by atoms with van der Waals surface area (Å²) in [4.78, 5) is 15.3. The van der Waals surface area contributed by atoms with Gasteiger partial charge in [0.15, 0.2) is 5.01 Å². The Hall–Kier alpha value is -1.51. The van der Waals surface area contributed by atoms with Crippen molar-refractivity contribution in [1.29, 1.82) is 0 Å². The van der Waals surface area contributed by atoms with E-state index in [1.165, 1.54) is 29.5 Å². The van der Waals surface area contributed by atoms with Gasteiger partial charge in [-0.1, -0.05) is 0 Å². The normalized spacial score (nSPS) is 10.3. The lowest BCUT2D eigenvalue weighted by Gasteiger charge is -2.06. The maximum Gasteiger partial charge on any atom is 0.294 e. The Balaban J connectivity index is 2.02. The molecule has 5 nitrogen and oxygen atoms in total. The van der Waals surface area contributed by atoms with Crippen LogP contribution in [0.5, 0.6) is 5.75 Å². The van der Waals surface area contributed by atoms with Crippen LogP contribution in [-0.4, -0.2) is 10.9 Å². The van der Waals surface area contributed by atoms with E-state index in [0.717, 1.165) is 0 Å². The summed E-state index contributed by atoms with van der Waals surface area (Å²) in [5.74, 6) is 4.71. The third-order valence-electron chi connectivity index (χ3n) is 2.15. The molecule has 100 valence electrons. The van der Waals surface area contributed by atoms with Gasteiger partial charge in [0.1, 0.15) is 18.2 Å². The molecule has 2 aromatic rings. The molecule has 19 heavy (non-hydrogen) atoms. The summed E-state index contributed by atoms with van der Waals surface area (Å²) in [6.07, 6.45) is 0. The lowest BCUT2D eigenvalue weighted by molar-refractivity contribution is 0.0953. The molecule has 0 aliphatic rings. The number of nitrogens with two attached hydrogens (primary N) is 1. The number of nitrogens with zero attached hydrogens (tertiary/aromatic N) is 1. The quantitative estimate of drug-likeness (QED) is 0.506. The zero-order valence-electron chi connectivity index (χ0n) is 9.52. The van der Waals surface area contributed by atoms with Crippen LogP contribution in [0, 0.1) is 5.82 Å². The van der Waals surface area contributed by atoms with Crippen molar-refractivity contribution in [3.63, 3.8) is 0 Å². The number of benzene rings is 1. The fourth-order valence-corrected chi connectivity index (χ4v) is 2.45. The number of hydrogen-bond donors (Lipinski definition) is 2. The van der Waals surface area contributed by atoms with E-state index in [9.17, 15) is 9.18 Å². The predicted molar refractivity (Wildman–Crippen MR) is 72.2 cm³/mol. The van der Waals surface area contributed by atoms with Crippen LogP contribution in [0.2, 0.25) is 0 Å². The molecular formula is C11H9BrFN3O2S. The molecule has 8 heteroatoms. The standard InChI is InChI=1S/C11H9BrFN3O2S/c12-8-3-6(13)1-2-9(8)18-4-7-5-19-11(15-7)10(17)16-14/h1-3,5H,4,14H2,(H,16,17). The van der Waals surface area contributed by atoms with Crippen molar-refractivity contribution in [1.82, 2.24) is 10.4 Å². The van der Waals surface area contributed by atoms with Crippen LogP contribution in [0.25, 0.3) is 0 Å². The monoisotopic (exact) mass is 345 g/mol. The summed E-state index contributed by atoms with van der Waals surface area (Å²) in [5.41, 5.74) is 2.60. The second-order valence-electron chi connectivity index (χ2n) is 3.48. The zero-order chi connectivity index (χ0) is 13.8. The number of rotatable bonds is 4. The van der Waals surface area contributed by atoms with E-state index in [1.807, 2.05) is 5.43 Å². The van der Waals surface area contributed by atoms with Crippen LogP contribution < -0.4 is 16.0 Å². The topological polar surface area (TPSA) is 77.2 Å². The summed E-state index contributed by atoms with van der Waals surface area (Å²) in [5, 5.41) is 1.96. The highest BCUT2D eigenvalue weighted by molar-refractivity contribution is 9.10. The molecule has 1 aromatic carbocycles. The number of carbonyl (C=O) groups excluding carboxylic acids is 1. The van der Waals surface area contributed by atoms with Gasteiger partial charge in [-0.3, -0.25) is 10.2 Å². The molecular weight excluding hydrogens is 337 g/mol. The highest BCUT2D eigenvalue weighted by Gasteiger charge is 2.10. The summed E-state index contributed by atoms with van der Waals surface area (Å²) >= 11 is 4.37. The first-order chi connectivity index (χ1) is 9.10. The largest absolute Gasteiger partial charge is 0.486 e. The van der Waals surface area contributed by atoms with E-state index in [2.05, 4.69) is 20.9 Å². The lowest BCUT2D eigenvalue weighted by atomic mass is 10.3. The zero-order valence-corrected chi connectivity index (χ0v) is 11.9. The molecule has 2 rings (SSSR count). The van der Waals surface area contributed by atoms with Crippen molar-refractivity contribution in [2.24, 2.45) is 5.84 Å². The van der Waals surface area contributed by atoms with Gasteiger partial charge in [0.05, 0.1) is 10.2 Å². The minimum absolute atomic E-state index is 0.179. The summed E-state index contributed by atoms with van der Waals surface area (Å²) < 4.78 is 18.9. The van der Waals surface area contributed by atoms with Gasteiger partial charge in [-0.25, -0.2) is 15.2 Å². The Bertz CT molecular complexity index is 605. The predicted octanol–water partition coefficient (Wildman–Crippen LogP) is 2.23. The third-order valence-corrected chi connectivity index (χ3v) is 3.66. The number of aromatic nitrogens is 1. The van der Waals surface area contributed by atoms with Gasteiger partial charge >= 0.3 is 0 Å². The van der Waals surface area contributed by atoms with E-state index < -0.39 is 5.91 Å². The van der Waals surface area contributed by atoms with Gasteiger partial charge in [-0.2, -0.15) is 0 Å². The molecule has 0 atom stereocenters. The average molecular weight is 346 g/mol. The van der Waals surface area contributed by atoms with Gasteiger partial charge in [-0.15, -0.1) is 11.3 Å². The second-order valence-corrected chi connectivity index (χ2v) is 5.19. The van der Waals surface area contributed by atoms with Gasteiger partial charge in [0.25, 0.3) is 5.91 Å². The third kappa shape index (κ3) is 3.49. The summed E-state index contributed by atoms with van der Waals surface area (Å²) in [6.45, 7) is 0.179. The van der Waals surface area contributed by atoms with Gasteiger partial charge in [0, 0.05) is 5.38 Å². The van der Waals surface area contributed by atoms with Crippen molar-refractivity contribution in [2.75, 3.05) is 0 Å². The van der Waals surface area contributed by atoms with Crippen LogP contribution in [-0.2, 0) is 6.61 Å². The number of nitrogens with one attached hydrogen (secondary N) is 1. The molecule has 0 saturated heterocycles. The SMILES string of the molecule is NNC(=O)c1nc(COc2ccc(F)cc2Br)cs1. The number of carbonyl (C=O) groups is 1. The Kier molecular flexibility index (Phi) is 4.46. The molecule has 1 heterocycles. The highest BCUT2D eigenvalue weighted by atomic mass is 79.9. The van der Waals surface area contributed by atoms with E-state index in [0.29, 0.717) is 15.9 Å². The van der Waals surface area contributed by atoms with Crippen molar-refractivity contribution >= 4 is 33.2 Å². The highest BCUT2D eigenvalue weighted by Crippen LogP contribution is 2.26. The number of halogens is 2. The molecule has 0 saturated carbocycles. The lowest BCUT2D eigenvalue weighted by Crippen LogP contribution is -2.29. The van der Waals surface area contributed by atoms with E-state index in [4.69, 9.17) is 10.6 Å². The number of hydrazine groups is 1. The first kappa shape index (κ1) is 13.9. The Morgan fingerprint density at radius 3 is 3.05 bits per heavy atom. The molecule has 1 aromatic heterocycles. The Labute approximate surface area is 120 Å². The second kappa shape index (κ2) is 6.09. The van der Waals surface area contributed by atoms with E-state index in [-0.39, 0.29) is 17.4 Å². The number of ether oxygens (including phenoxy) is 1. The molecule has 0 fully saturated rings. The van der Waals surface area contributed by atoms with E-state index in [1.54, 1.807) is 5.38 Å². The van der Waals surface area contributed by atoms with Crippen LogP contribution in [0.1, 0.15) is 15.5 Å². The number of amides is 1. The Morgan fingerprint density at radius 1 is 1.58 bits per heavy atom. The Morgan fingerprint density at radius 2 is 2.37 bits per heavy atom. The number of thiazole rings is 1. The fourth-order valence-electron chi connectivity index (χ4n) is 1.28. The summed E-state index contributed by atoms with van der Waals surface area (Å²) in [7, 11) is 0. The smallest absolute Gasteiger partial charge is 0.294 e. The molecule has 0 radical (unpaired) electrons. The fraction of sp³-hybridized carbons (Fsp3) is 0.0909. The first-order valence-corrected chi connectivity index (χ1v) is 6.80. The maximum absolute atomic E-state index is 12.9. The van der Waals surface area contributed by atoms with E-state index >= 15 is 0 Å².